The fourth-order valence-electron chi connectivity index (χ4n) is 1.58. The van der Waals surface area contributed by atoms with Gasteiger partial charge in [0.2, 0.25) is 5.91 Å². The Labute approximate surface area is 94.0 Å². The lowest BCUT2D eigenvalue weighted by atomic mass is 10.2. The monoisotopic (exact) mass is 214 g/mol. The molecule has 15 heavy (non-hydrogen) atoms. The van der Waals surface area contributed by atoms with Gasteiger partial charge in [-0.15, -0.1) is 0 Å². The molecule has 0 aromatic carbocycles. The summed E-state index contributed by atoms with van der Waals surface area (Å²) >= 11 is 0. The van der Waals surface area contributed by atoms with Crippen LogP contribution in [0, 0.1) is 0 Å². The zero-order valence-corrected chi connectivity index (χ0v) is 10.3. The van der Waals surface area contributed by atoms with Gasteiger partial charge in [-0.25, -0.2) is 0 Å². The van der Waals surface area contributed by atoms with E-state index in [0.29, 0.717) is 6.42 Å². The van der Waals surface area contributed by atoms with Gasteiger partial charge in [-0.1, -0.05) is 26.7 Å². The van der Waals surface area contributed by atoms with Gasteiger partial charge in [-0.2, -0.15) is 0 Å². The second-order valence-electron chi connectivity index (χ2n) is 4.12. The van der Waals surface area contributed by atoms with Crippen LogP contribution in [0.1, 0.15) is 52.4 Å². The molecule has 0 unspecified atom stereocenters. The maximum Gasteiger partial charge on any atom is 0.217 e. The molecule has 0 aromatic heterocycles. The minimum atomic E-state index is -0.180. The minimum absolute atomic E-state index is 0.180. The predicted octanol–water partition coefficient (Wildman–Crippen LogP) is 2.15. The Morgan fingerprint density at radius 3 is 1.87 bits per heavy atom. The Hall–Kier alpha value is -0.570. The first kappa shape index (κ1) is 14.4. The first-order valence-electron chi connectivity index (χ1n) is 6.21. The van der Waals surface area contributed by atoms with Gasteiger partial charge in [-0.05, 0) is 38.9 Å². The SMILES string of the molecule is CCCCN(CCCC)CCCC(N)=O. The number of hydrogen-bond donors (Lipinski definition) is 1. The maximum atomic E-state index is 10.6. The molecule has 90 valence electrons. The number of nitrogens with two attached hydrogens (primary N) is 1. The second kappa shape index (κ2) is 9.97. The van der Waals surface area contributed by atoms with Gasteiger partial charge in [0.15, 0.2) is 0 Å². The van der Waals surface area contributed by atoms with E-state index in [9.17, 15) is 4.79 Å². The van der Waals surface area contributed by atoms with Crippen molar-refractivity contribution in [3.63, 3.8) is 0 Å². The largest absolute Gasteiger partial charge is 0.370 e. The van der Waals surface area contributed by atoms with Crippen LogP contribution in [0.5, 0.6) is 0 Å². The molecule has 0 rings (SSSR count). The number of primary amides is 1. The third-order valence-electron chi connectivity index (χ3n) is 2.55. The molecule has 2 N–H and O–H groups in total. The van der Waals surface area contributed by atoms with Gasteiger partial charge in [-0.3, -0.25) is 4.79 Å². The Kier molecular flexibility index (Phi) is 9.59. The second-order valence-corrected chi connectivity index (χ2v) is 4.12. The maximum absolute atomic E-state index is 10.6. The molecule has 3 heteroatoms. The lowest BCUT2D eigenvalue weighted by Crippen LogP contribution is -2.28. The zero-order chi connectivity index (χ0) is 11.5. The summed E-state index contributed by atoms with van der Waals surface area (Å²) in [6, 6.07) is 0. The molecule has 0 radical (unpaired) electrons. The van der Waals surface area contributed by atoms with Crippen molar-refractivity contribution in [1.82, 2.24) is 4.90 Å². The van der Waals surface area contributed by atoms with Crippen LogP contribution >= 0.6 is 0 Å². The Bertz CT molecular complexity index is 152. The molecule has 0 fully saturated rings. The van der Waals surface area contributed by atoms with Crippen LogP contribution in [0.3, 0.4) is 0 Å². The van der Waals surface area contributed by atoms with E-state index >= 15 is 0 Å². The highest BCUT2D eigenvalue weighted by Gasteiger charge is 2.04. The molecule has 0 aliphatic carbocycles. The van der Waals surface area contributed by atoms with Crippen LogP contribution in [-0.2, 0) is 4.79 Å². The molecule has 0 atom stereocenters. The van der Waals surface area contributed by atoms with Gasteiger partial charge in [0, 0.05) is 6.42 Å². The van der Waals surface area contributed by atoms with E-state index < -0.39 is 0 Å². The summed E-state index contributed by atoms with van der Waals surface area (Å²) in [6.45, 7) is 7.76. The number of amides is 1. The van der Waals surface area contributed by atoms with E-state index in [1.54, 1.807) is 0 Å². The summed E-state index contributed by atoms with van der Waals surface area (Å²) in [5, 5.41) is 0. The van der Waals surface area contributed by atoms with Crippen LogP contribution in [-0.4, -0.2) is 30.4 Å². The van der Waals surface area contributed by atoms with Crippen LogP contribution in [0.2, 0.25) is 0 Å². The predicted molar refractivity (Wildman–Crippen MR) is 64.7 cm³/mol. The summed E-state index contributed by atoms with van der Waals surface area (Å²) in [7, 11) is 0. The molecule has 0 aliphatic rings. The summed E-state index contributed by atoms with van der Waals surface area (Å²) in [6.07, 6.45) is 6.40. The molecule has 0 saturated carbocycles. The zero-order valence-electron chi connectivity index (χ0n) is 10.3. The topological polar surface area (TPSA) is 46.3 Å². The van der Waals surface area contributed by atoms with Crippen molar-refractivity contribution >= 4 is 5.91 Å². The first-order valence-corrected chi connectivity index (χ1v) is 6.21. The van der Waals surface area contributed by atoms with E-state index in [1.165, 1.54) is 25.7 Å². The van der Waals surface area contributed by atoms with Gasteiger partial charge >= 0.3 is 0 Å². The van der Waals surface area contributed by atoms with E-state index in [-0.39, 0.29) is 5.91 Å². The minimum Gasteiger partial charge on any atom is -0.370 e. The number of carbonyl (C=O) groups is 1. The molecule has 3 nitrogen and oxygen atoms in total. The number of hydrogen-bond acceptors (Lipinski definition) is 2. The number of carbonyl (C=O) groups excluding carboxylic acids is 1. The van der Waals surface area contributed by atoms with Crippen LogP contribution < -0.4 is 5.73 Å². The third-order valence-corrected chi connectivity index (χ3v) is 2.55. The van der Waals surface area contributed by atoms with Crippen LogP contribution in [0.25, 0.3) is 0 Å². The highest BCUT2D eigenvalue weighted by Crippen LogP contribution is 2.01. The summed E-state index contributed by atoms with van der Waals surface area (Å²) in [5.74, 6) is -0.180. The van der Waals surface area contributed by atoms with E-state index in [0.717, 1.165) is 26.1 Å². The molecule has 0 aliphatic heterocycles. The van der Waals surface area contributed by atoms with Gasteiger partial charge in [0.05, 0.1) is 0 Å². The average Bonchev–Trinajstić information content (AvgIpc) is 2.20. The van der Waals surface area contributed by atoms with Crippen LogP contribution in [0.15, 0.2) is 0 Å². The van der Waals surface area contributed by atoms with Gasteiger partial charge in [0.1, 0.15) is 0 Å². The summed E-state index contributed by atoms with van der Waals surface area (Å²) < 4.78 is 0. The smallest absolute Gasteiger partial charge is 0.217 e. The standard InChI is InChI=1S/C12H26N2O/c1-3-5-9-14(10-6-4-2)11-7-8-12(13)15/h3-11H2,1-2H3,(H2,13,15). The van der Waals surface area contributed by atoms with Crippen LogP contribution in [0.4, 0.5) is 0 Å². The van der Waals surface area contributed by atoms with Crippen molar-refractivity contribution in [3.05, 3.63) is 0 Å². The summed E-state index contributed by atoms with van der Waals surface area (Å²) in [5.41, 5.74) is 5.12. The fraction of sp³-hybridized carbons (Fsp3) is 0.917. The molecule has 1 amide bonds. The van der Waals surface area contributed by atoms with Crippen molar-refractivity contribution in [2.45, 2.75) is 52.4 Å². The molecule has 0 spiro atoms. The lowest BCUT2D eigenvalue weighted by molar-refractivity contribution is -0.118. The highest BCUT2D eigenvalue weighted by atomic mass is 16.1. The van der Waals surface area contributed by atoms with E-state index in [2.05, 4.69) is 18.7 Å². The average molecular weight is 214 g/mol. The molecule has 0 heterocycles. The molecular formula is C12H26N2O. The number of unbranched alkanes of at least 4 members (excludes halogenated alkanes) is 2. The molecule has 0 saturated heterocycles. The Balaban J connectivity index is 3.63. The third kappa shape index (κ3) is 9.73. The van der Waals surface area contributed by atoms with E-state index in [1.807, 2.05) is 0 Å². The Morgan fingerprint density at radius 2 is 1.47 bits per heavy atom. The van der Waals surface area contributed by atoms with Gasteiger partial charge < -0.3 is 10.6 Å². The van der Waals surface area contributed by atoms with Crippen molar-refractivity contribution in [2.24, 2.45) is 5.73 Å². The van der Waals surface area contributed by atoms with E-state index in [4.69, 9.17) is 5.73 Å². The Morgan fingerprint density at radius 1 is 1.00 bits per heavy atom. The molecule has 0 bridgehead atoms. The van der Waals surface area contributed by atoms with Crippen molar-refractivity contribution in [3.8, 4) is 0 Å². The summed E-state index contributed by atoms with van der Waals surface area (Å²) in [4.78, 5) is 13.1. The normalized spacial score (nSPS) is 10.9. The fourth-order valence-corrected chi connectivity index (χ4v) is 1.58. The van der Waals surface area contributed by atoms with Gasteiger partial charge in [0.25, 0.3) is 0 Å². The first-order chi connectivity index (χ1) is 7.20. The highest BCUT2D eigenvalue weighted by molar-refractivity contribution is 5.73. The van der Waals surface area contributed by atoms with Crippen molar-refractivity contribution in [1.29, 1.82) is 0 Å². The number of nitrogens with zero attached hydrogens (tertiary/aromatic N) is 1. The molecule has 0 aromatic rings. The number of rotatable bonds is 10. The van der Waals surface area contributed by atoms with Crippen molar-refractivity contribution < 1.29 is 4.79 Å². The van der Waals surface area contributed by atoms with Crippen molar-refractivity contribution in [2.75, 3.05) is 19.6 Å². The quantitative estimate of drug-likeness (QED) is 0.605. The lowest BCUT2D eigenvalue weighted by Gasteiger charge is -2.21. The molecular weight excluding hydrogens is 188 g/mol.